The number of rotatable bonds is 3. The molecule has 4 heteroatoms. The van der Waals surface area contributed by atoms with E-state index in [0.29, 0.717) is 6.01 Å². The molecule has 0 aliphatic carbocycles. The molecule has 0 N–H and O–H groups in total. The maximum absolute atomic E-state index is 5.09. The highest BCUT2D eigenvalue weighted by Crippen LogP contribution is 2.06. The summed E-state index contributed by atoms with van der Waals surface area (Å²) in [5, 5.41) is 3.89. The van der Waals surface area contributed by atoms with Gasteiger partial charge in [0.2, 0.25) is 0 Å². The Labute approximate surface area is 84.0 Å². The van der Waals surface area contributed by atoms with Gasteiger partial charge in [0.1, 0.15) is 0 Å². The minimum atomic E-state index is 0.315. The van der Waals surface area contributed by atoms with Gasteiger partial charge in [-0.05, 0) is 33.3 Å². The molecular formula is C10H15N3O. The quantitative estimate of drug-likeness (QED) is 0.546. The highest BCUT2D eigenvalue weighted by Gasteiger charge is 1.99. The van der Waals surface area contributed by atoms with E-state index in [0.717, 1.165) is 23.5 Å². The second-order valence-corrected chi connectivity index (χ2v) is 3.20. The molecule has 0 aromatic carbocycles. The number of hydrogen-bond acceptors (Lipinski definition) is 4. The second-order valence-electron chi connectivity index (χ2n) is 3.20. The summed E-state index contributed by atoms with van der Waals surface area (Å²) in [6.45, 7) is 7.73. The summed E-state index contributed by atoms with van der Waals surface area (Å²) >= 11 is 0. The topological polar surface area (TPSA) is 47.4 Å². The zero-order valence-electron chi connectivity index (χ0n) is 9.03. The van der Waals surface area contributed by atoms with Gasteiger partial charge in [-0.1, -0.05) is 12.1 Å². The average molecular weight is 193 g/mol. The van der Waals surface area contributed by atoms with Gasteiger partial charge in [-0.15, -0.1) is 0 Å². The van der Waals surface area contributed by atoms with E-state index in [9.17, 15) is 0 Å². The van der Waals surface area contributed by atoms with Gasteiger partial charge in [0.15, 0.2) is 0 Å². The molecule has 1 aromatic heterocycles. The van der Waals surface area contributed by atoms with Crippen molar-refractivity contribution < 1.29 is 4.84 Å². The van der Waals surface area contributed by atoms with E-state index in [1.54, 1.807) is 0 Å². The van der Waals surface area contributed by atoms with Crippen molar-refractivity contribution in [2.45, 2.75) is 34.1 Å². The van der Waals surface area contributed by atoms with Gasteiger partial charge in [-0.3, -0.25) is 0 Å². The Morgan fingerprint density at radius 3 is 2.43 bits per heavy atom. The van der Waals surface area contributed by atoms with Crippen molar-refractivity contribution in [3.63, 3.8) is 0 Å². The van der Waals surface area contributed by atoms with Crippen LogP contribution in [-0.2, 0) is 0 Å². The fourth-order valence-corrected chi connectivity index (χ4v) is 0.918. The molecule has 0 bridgehead atoms. The predicted molar refractivity (Wildman–Crippen MR) is 55.5 cm³/mol. The maximum atomic E-state index is 5.09. The molecule has 1 rings (SSSR count). The maximum Gasteiger partial charge on any atom is 0.346 e. The highest BCUT2D eigenvalue weighted by atomic mass is 16.6. The zero-order valence-corrected chi connectivity index (χ0v) is 9.03. The summed E-state index contributed by atoms with van der Waals surface area (Å²) in [5.41, 5.74) is 2.70. The fraction of sp³-hybridized carbons (Fsp3) is 0.500. The monoisotopic (exact) mass is 193 g/mol. The molecule has 1 heterocycles. The van der Waals surface area contributed by atoms with Crippen LogP contribution in [0.5, 0.6) is 6.01 Å². The molecular weight excluding hydrogens is 178 g/mol. The summed E-state index contributed by atoms with van der Waals surface area (Å²) in [4.78, 5) is 13.3. The van der Waals surface area contributed by atoms with Crippen molar-refractivity contribution >= 4 is 5.71 Å². The van der Waals surface area contributed by atoms with Crippen LogP contribution < -0.4 is 4.84 Å². The van der Waals surface area contributed by atoms with Crippen molar-refractivity contribution in [2.75, 3.05) is 0 Å². The van der Waals surface area contributed by atoms with Crippen LogP contribution >= 0.6 is 0 Å². The molecule has 0 radical (unpaired) electrons. The first-order valence-electron chi connectivity index (χ1n) is 4.64. The van der Waals surface area contributed by atoms with Gasteiger partial charge in [-0.25, -0.2) is 0 Å². The van der Waals surface area contributed by atoms with Crippen LogP contribution in [0.4, 0.5) is 0 Å². The first-order valence-corrected chi connectivity index (χ1v) is 4.64. The Kier molecular flexibility index (Phi) is 3.56. The lowest BCUT2D eigenvalue weighted by molar-refractivity contribution is 0.310. The Morgan fingerprint density at radius 1 is 1.36 bits per heavy atom. The van der Waals surface area contributed by atoms with E-state index in [-0.39, 0.29) is 0 Å². The van der Waals surface area contributed by atoms with Crippen molar-refractivity contribution in [3.8, 4) is 6.01 Å². The van der Waals surface area contributed by atoms with E-state index in [1.165, 1.54) is 0 Å². The van der Waals surface area contributed by atoms with Crippen molar-refractivity contribution in [3.05, 3.63) is 17.5 Å². The molecule has 14 heavy (non-hydrogen) atoms. The van der Waals surface area contributed by atoms with E-state index >= 15 is 0 Å². The van der Waals surface area contributed by atoms with E-state index in [4.69, 9.17) is 4.84 Å². The number of aryl methyl sites for hydroxylation is 2. The standard InChI is InChI=1S/C10H15N3O/c1-5-7(2)13-14-10-11-8(3)6-9(4)12-10/h6H,5H2,1-4H3/b13-7-. The van der Waals surface area contributed by atoms with E-state index < -0.39 is 0 Å². The Morgan fingerprint density at radius 2 is 1.93 bits per heavy atom. The van der Waals surface area contributed by atoms with E-state index in [2.05, 4.69) is 15.1 Å². The molecule has 4 nitrogen and oxygen atoms in total. The third-order valence-electron chi connectivity index (χ3n) is 1.76. The number of nitrogens with zero attached hydrogens (tertiary/aromatic N) is 3. The van der Waals surface area contributed by atoms with Gasteiger partial charge >= 0.3 is 6.01 Å². The van der Waals surface area contributed by atoms with Crippen LogP contribution in [0.1, 0.15) is 31.7 Å². The van der Waals surface area contributed by atoms with Crippen molar-refractivity contribution in [1.82, 2.24) is 9.97 Å². The van der Waals surface area contributed by atoms with E-state index in [1.807, 2.05) is 33.8 Å². The van der Waals surface area contributed by atoms with Crippen molar-refractivity contribution in [2.24, 2.45) is 5.16 Å². The van der Waals surface area contributed by atoms with Crippen LogP contribution in [0.3, 0.4) is 0 Å². The van der Waals surface area contributed by atoms with Crippen molar-refractivity contribution in [1.29, 1.82) is 0 Å². The number of aromatic nitrogens is 2. The largest absolute Gasteiger partial charge is 0.346 e. The molecule has 0 fully saturated rings. The van der Waals surface area contributed by atoms with Gasteiger partial charge in [0.25, 0.3) is 0 Å². The molecule has 1 aromatic rings. The predicted octanol–water partition coefficient (Wildman–Crippen LogP) is 2.26. The van der Waals surface area contributed by atoms with Gasteiger partial charge in [-0.2, -0.15) is 9.97 Å². The summed E-state index contributed by atoms with van der Waals surface area (Å²) in [6.07, 6.45) is 0.866. The summed E-state index contributed by atoms with van der Waals surface area (Å²) in [7, 11) is 0. The minimum absolute atomic E-state index is 0.315. The SMILES string of the molecule is CC/C(C)=N\Oc1nc(C)cc(C)n1. The molecule has 0 aliphatic rings. The first-order chi connectivity index (χ1) is 6.61. The van der Waals surface area contributed by atoms with Gasteiger partial charge < -0.3 is 4.84 Å². The minimum Gasteiger partial charge on any atom is -0.315 e. The van der Waals surface area contributed by atoms with Gasteiger partial charge in [0.05, 0.1) is 5.71 Å². The van der Waals surface area contributed by atoms with Crippen LogP contribution in [0.15, 0.2) is 11.2 Å². The smallest absolute Gasteiger partial charge is 0.315 e. The Hall–Kier alpha value is -1.45. The average Bonchev–Trinajstić information content (AvgIpc) is 2.12. The van der Waals surface area contributed by atoms with Crippen LogP contribution in [0.25, 0.3) is 0 Å². The summed E-state index contributed by atoms with van der Waals surface area (Å²) < 4.78 is 0. The Balaban J connectivity index is 2.77. The normalized spacial score (nSPS) is 11.6. The molecule has 76 valence electrons. The molecule has 0 saturated carbocycles. The lowest BCUT2D eigenvalue weighted by atomic mass is 10.3. The molecule has 0 saturated heterocycles. The van der Waals surface area contributed by atoms with Gasteiger partial charge in [0, 0.05) is 11.4 Å². The molecule has 0 spiro atoms. The molecule has 0 unspecified atom stereocenters. The third kappa shape index (κ3) is 3.12. The molecule has 0 amide bonds. The molecule has 0 atom stereocenters. The molecule has 0 aliphatic heterocycles. The fourth-order valence-electron chi connectivity index (χ4n) is 0.918. The highest BCUT2D eigenvalue weighted by molar-refractivity contribution is 5.80. The summed E-state index contributed by atoms with van der Waals surface area (Å²) in [6, 6.07) is 2.21. The zero-order chi connectivity index (χ0) is 10.6. The second kappa shape index (κ2) is 4.69. The first kappa shape index (κ1) is 10.6. The van der Waals surface area contributed by atoms with Crippen LogP contribution in [-0.4, -0.2) is 15.7 Å². The summed E-state index contributed by atoms with van der Waals surface area (Å²) in [5.74, 6) is 0. The lowest BCUT2D eigenvalue weighted by Crippen LogP contribution is -1.98. The number of oxime groups is 1. The number of hydrogen-bond donors (Lipinski definition) is 0. The Bertz CT molecular complexity index is 327. The van der Waals surface area contributed by atoms with Crippen LogP contribution in [0, 0.1) is 13.8 Å². The third-order valence-corrected chi connectivity index (χ3v) is 1.76. The lowest BCUT2D eigenvalue weighted by Gasteiger charge is -2.00. The van der Waals surface area contributed by atoms with Crippen LogP contribution in [0.2, 0.25) is 0 Å².